The number of nitrogens with zero attached hydrogens (tertiary/aromatic N) is 3. The molecule has 0 saturated carbocycles. The van der Waals surface area contributed by atoms with Crippen LogP contribution in [0.5, 0.6) is 0 Å². The molecule has 1 aromatic carbocycles. The predicted molar refractivity (Wildman–Crippen MR) is 101 cm³/mol. The molecule has 0 fully saturated rings. The molecule has 3 heterocycles. The minimum Gasteiger partial charge on any atom is -0.335 e. The fraction of sp³-hybridized carbons (Fsp3) is 0.350. The molecule has 6 heteroatoms. The summed E-state index contributed by atoms with van der Waals surface area (Å²) in [5.74, 6) is -0.171. The first-order valence-electron chi connectivity index (χ1n) is 8.80. The first-order valence-corrected chi connectivity index (χ1v) is 9.62. The van der Waals surface area contributed by atoms with Gasteiger partial charge in [0.25, 0.3) is 0 Å². The van der Waals surface area contributed by atoms with E-state index in [1.54, 1.807) is 16.2 Å². The minimum atomic E-state index is -0.467. The van der Waals surface area contributed by atoms with Gasteiger partial charge in [0.1, 0.15) is 6.04 Å². The van der Waals surface area contributed by atoms with Crippen molar-refractivity contribution in [1.82, 2.24) is 14.8 Å². The van der Waals surface area contributed by atoms with Gasteiger partial charge in [-0.1, -0.05) is 30.8 Å². The van der Waals surface area contributed by atoms with Gasteiger partial charge in [-0.05, 0) is 24.1 Å². The largest absolute Gasteiger partial charge is 0.335 e. The number of thiazole rings is 1. The molecular weight excluding hydrogens is 346 g/mol. The molecule has 26 heavy (non-hydrogen) atoms. The Morgan fingerprint density at radius 3 is 2.81 bits per heavy atom. The van der Waals surface area contributed by atoms with Crippen molar-refractivity contribution >= 4 is 23.2 Å². The van der Waals surface area contributed by atoms with Gasteiger partial charge in [-0.2, -0.15) is 0 Å². The van der Waals surface area contributed by atoms with Crippen molar-refractivity contribution in [3.05, 3.63) is 63.6 Å². The first kappa shape index (κ1) is 17.0. The van der Waals surface area contributed by atoms with Crippen LogP contribution in [0, 0.1) is 6.92 Å². The van der Waals surface area contributed by atoms with Gasteiger partial charge in [0, 0.05) is 30.8 Å². The highest BCUT2D eigenvalue weighted by Crippen LogP contribution is 2.28. The van der Waals surface area contributed by atoms with E-state index in [0.29, 0.717) is 26.1 Å². The summed E-state index contributed by atoms with van der Waals surface area (Å²) in [4.78, 5) is 34.9. The molecule has 4 rings (SSSR count). The van der Waals surface area contributed by atoms with E-state index < -0.39 is 6.04 Å². The van der Waals surface area contributed by atoms with E-state index in [4.69, 9.17) is 0 Å². The lowest BCUT2D eigenvalue weighted by molar-refractivity contribution is -0.145. The minimum absolute atomic E-state index is 0.0198. The molecule has 2 amide bonds. The van der Waals surface area contributed by atoms with Crippen LogP contribution in [0.25, 0.3) is 0 Å². The molecule has 0 aliphatic carbocycles. The zero-order valence-corrected chi connectivity index (χ0v) is 15.6. The zero-order chi connectivity index (χ0) is 18.3. The number of rotatable bonds is 2. The average molecular weight is 367 g/mol. The summed E-state index contributed by atoms with van der Waals surface area (Å²) >= 11 is 1.66. The third kappa shape index (κ3) is 2.94. The second kappa shape index (κ2) is 6.68. The number of carbonyl (C=O) groups is 2. The smallest absolute Gasteiger partial charge is 0.246 e. The van der Waals surface area contributed by atoms with Crippen LogP contribution in [0.3, 0.4) is 0 Å². The molecule has 0 spiro atoms. The lowest BCUT2D eigenvalue weighted by Crippen LogP contribution is -2.54. The summed E-state index contributed by atoms with van der Waals surface area (Å²) in [6.07, 6.45) is 2.64. The molecule has 0 radical (unpaired) electrons. The molecule has 0 unspecified atom stereocenters. The monoisotopic (exact) mass is 367 g/mol. The Labute approximate surface area is 157 Å². The maximum atomic E-state index is 13.3. The van der Waals surface area contributed by atoms with Crippen LogP contribution in [0.1, 0.15) is 26.7 Å². The van der Waals surface area contributed by atoms with Gasteiger partial charge in [-0.25, -0.2) is 4.98 Å². The molecule has 2 aromatic rings. The van der Waals surface area contributed by atoms with Gasteiger partial charge in [0.05, 0.1) is 17.2 Å². The summed E-state index contributed by atoms with van der Waals surface area (Å²) in [6, 6.07) is 7.55. The van der Waals surface area contributed by atoms with Gasteiger partial charge < -0.3 is 9.80 Å². The van der Waals surface area contributed by atoms with Crippen LogP contribution < -0.4 is 0 Å². The zero-order valence-electron chi connectivity index (χ0n) is 14.8. The van der Waals surface area contributed by atoms with Gasteiger partial charge >= 0.3 is 0 Å². The first-order chi connectivity index (χ1) is 12.6. The van der Waals surface area contributed by atoms with Gasteiger partial charge in [-0.3, -0.25) is 9.59 Å². The van der Waals surface area contributed by atoms with Crippen molar-refractivity contribution in [2.45, 2.75) is 38.9 Å². The molecule has 1 aromatic heterocycles. The number of aromatic nitrogens is 1. The van der Waals surface area contributed by atoms with Crippen molar-refractivity contribution in [1.29, 1.82) is 0 Å². The van der Waals surface area contributed by atoms with E-state index in [1.807, 2.05) is 36.1 Å². The molecule has 2 aliphatic rings. The Morgan fingerprint density at radius 1 is 1.27 bits per heavy atom. The lowest BCUT2D eigenvalue weighted by Gasteiger charge is -2.39. The Hall–Kier alpha value is -2.47. The SMILES string of the molecule is C=CC(=O)N1Cc2ccccc2C[C@H]1C(=O)N1CCc2nc(C)sc2C1. The van der Waals surface area contributed by atoms with Crippen molar-refractivity contribution in [2.24, 2.45) is 0 Å². The number of amides is 2. The van der Waals surface area contributed by atoms with Crippen LogP contribution in [0.15, 0.2) is 36.9 Å². The number of carbonyl (C=O) groups excluding carboxylic acids is 2. The standard InChI is InChI=1S/C20H21N3O2S/c1-3-19(24)23-11-15-7-5-4-6-14(15)10-17(23)20(25)22-9-8-16-18(12-22)26-13(2)21-16/h3-7,17H,1,8-12H2,2H3/t17-/m0/s1. The summed E-state index contributed by atoms with van der Waals surface area (Å²) in [6.45, 7) is 7.31. The predicted octanol–water partition coefficient (Wildman–Crippen LogP) is 2.48. The molecule has 2 aliphatic heterocycles. The molecule has 0 N–H and O–H groups in total. The van der Waals surface area contributed by atoms with Crippen molar-refractivity contribution in [3.8, 4) is 0 Å². The molecule has 134 valence electrons. The highest BCUT2D eigenvalue weighted by atomic mass is 32.1. The Morgan fingerprint density at radius 2 is 2.04 bits per heavy atom. The fourth-order valence-corrected chi connectivity index (χ4v) is 4.81. The maximum Gasteiger partial charge on any atom is 0.246 e. The van der Waals surface area contributed by atoms with Crippen molar-refractivity contribution in [3.63, 3.8) is 0 Å². The number of aryl methyl sites for hydroxylation is 1. The number of fused-ring (bicyclic) bond motifs is 2. The average Bonchev–Trinajstić information content (AvgIpc) is 3.04. The second-order valence-electron chi connectivity index (χ2n) is 6.77. The van der Waals surface area contributed by atoms with Crippen LogP contribution in [0.2, 0.25) is 0 Å². The third-order valence-corrected chi connectivity index (χ3v) is 6.14. The molecule has 0 bridgehead atoms. The topological polar surface area (TPSA) is 53.5 Å². The fourth-order valence-electron chi connectivity index (χ4n) is 3.82. The van der Waals surface area contributed by atoms with E-state index in [0.717, 1.165) is 28.2 Å². The van der Waals surface area contributed by atoms with Gasteiger partial charge in [0.2, 0.25) is 11.8 Å². The summed E-state index contributed by atoms with van der Waals surface area (Å²) in [5.41, 5.74) is 3.36. The van der Waals surface area contributed by atoms with Gasteiger partial charge in [-0.15, -0.1) is 11.3 Å². The number of benzene rings is 1. The van der Waals surface area contributed by atoms with Crippen LogP contribution in [-0.4, -0.2) is 39.2 Å². The Balaban J connectivity index is 1.61. The highest BCUT2D eigenvalue weighted by Gasteiger charge is 2.37. The normalized spacial score (nSPS) is 18.9. The molecule has 5 nitrogen and oxygen atoms in total. The van der Waals surface area contributed by atoms with E-state index in [-0.39, 0.29) is 11.8 Å². The van der Waals surface area contributed by atoms with Crippen LogP contribution in [0.4, 0.5) is 0 Å². The summed E-state index contributed by atoms with van der Waals surface area (Å²) in [7, 11) is 0. The Bertz CT molecular complexity index is 889. The second-order valence-corrected chi connectivity index (χ2v) is 8.06. The summed E-state index contributed by atoms with van der Waals surface area (Å²) < 4.78 is 0. The number of hydrogen-bond donors (Lipinski definition) is 0. The number of hydrogen-bond acceptors (Lipinski definition) is 4. The molecular formula is C20H21N3O2S. The summed E-state index contributed by atoms with van der Waals surface area (Å²) in [5, 5.41) is 1.04. The molecule has 1 atom stereocenters. The van der Waals surface area contributed by atoms with E-state index in [9.17, 15) is 9.59 Å². The van der Waals surface area contributed by atoms with Crippen LogP contribution >= 0.6 is 11.3 Å². The third-order valence-electron chi connectivity index (χ3n) is 5.14. The van der Waals surface area contributed by atoms with E-state index >= 15 is 0 Å². The Kier molecular flexibility index (Phi) is 4.36. The molecule has 0 saturated heterocycles. The van der Waals surface area contributed by atoms with Crippen LogP contribution in [-0.2, 0) is 35.5 Å². The van der Waals surface area contributed by atoms with Crippen molar-refractivity contribution < 1.29 is 9.59 Å². The maximum absolute atomic E-state index is 13.3. The highest BCUT2D eigenvalue weighted by molar-refractivity contribution is 7.11. The van der Waals surface area contributed by atoms with E-state index in [2.05, 4.69) is 11.6 Å². The lowest BCUT2D eigenvalue weighted by atomic mass is 9.92. The van der Waals surface area contributed by atoms with Gasteiger partial charge in [0.15, 0.2) is 0 Å². The van der Waals surface area contributed by atoms with Crippen molar-refractivity contribution in [2.75, 3.05) is 6.54 Å². The quantitative estimate of drug-likeness (QED) is 0.767. The van der Waals surface area contributed by atoms with E-state index in [1.165, 1.54) is 11.0 Å².